The van der Waals surface area contributed by atoms with Gasteiger partial charge in [0.15, 0.2) is 0 Å². The highest BCUT2D eigenvalue weighted by atomic mass is 79.9. The van der Waals surface area contributed by atoms with Crippen molar-refractivity contribution < 1.29 is 18.0 Å². The highest BCUT2D eigenvalue weighted by molar-refractivity contribution is 9.10. The standard InChI is InChI=1S/C13H8BrF3N2O/c14-7-1-2-11(8(15)5-7)19-13(20)6-3-9(16)12(18)10(17)4-6/h1-5H,18H2,(H,19,20). The fraction of sp³-hybridized carbons (Fsp3) is 0. The van der Waals surface area contributed by atoms with E-state index in [9.17, 15) is 18.0 Å². The highest BCUT2D eigenvalue weighted by Gasteiger charge is 2.14. The van der Waals surface area contributed by atoms with Gasteiger partial charge in [0, 0.05) is 10.0 Å². The van der Waals surface area contributed by atoms with Crippen molar-refractivity contribution in [2.75, 3.05) is 11.1 Å². The van der Waals surface area contributed by atoms with Crippen LogP contribution in [-0.4, -0.2) is 5.91 Å². The number of rotatable bonds is 2. The molecular weight excluding hydrogens is 337 g/mol. The molecule has 0 heterocycles. The zero-order valence-electron chi connectivity index (χ0n) is 9.88. The second-order valence-corrected chi connectivity index (χ2v) is 4.85. The Balaban J connectivity index is 2.28. The Morgan fingerprint density at radius 1 is 1.05 bits per heavy atom. The molecule has 0 saturated carbocycles. The molecule has 0 bridgehead atoms. The van der Waals surface area contributed by atoms with Crippen LogP contribution in [0.1, 0.15) is 10.4 Å². The molecule has 0 aliphatic carbocycles. The predicted molar refractivity (Wildman–Crippen MR) is 72.8 cm³/mol. The largest absolute Gasteiger partial charge is 0.394 e. The van der Waals surface area contributed by atoms with E-state index in [4.69, 9.17) is 5.73 Å². The maximum atomic E-state index is 13.5. The SMILES string of the molecule is Nc1c(F)cc(C(=O)Nc2ccc(Br)cc2F)cc1F. The van der Waals surface area contributed by atoms with Crippen LogP contribution < -0.4 is 11.1 Å². The summed E-state index contributed by atoms with van der Waals surface area (Å²) in [4.78, 5) is 11.8. The van der Waals surface area contributed by atoms with E-state index in [1.807, 2.05) is 0 Å². The summed E-state index contributed by atoms with van der Waals surface area (Å²) in [5.41, 5.74) is 4.03. The van der Waals surface area contributed by atoms with Crippen molar-refractivity contribution in [3.8, 4) is 0 Å². The maximum absolute atomic E-state index is 13.5. The van der Waals surface area contributed by atoms with Gasteiger partial charge in [-0.25, -0.2) is 13.2 Å². The predicted octanol–water partition coefficient (Wildman–Crippen LogP) is 3.70. The number of carbonyl (C=O) groups excluding carboxylic acids is 1. The van der Waals surface area contributed by atoms with Gasteiger partial charge in [0.2, 0.25) is 0 Å². The molecule has 3 nitrogen and oxygen atoms in total. The fourth-order valence-corrected chi connectivity index (χ4v) is 1.83. The van der Waals surface area contributed by atoms with Crippen molar-refractivity contribution in [3.63, 3.8) is 0 Å². The highest BCUT2D eigenvalue weighted by Crippen LogP contribution is 2.21. The molecule has 20 heavy (non-hydrogen) atoms. The molecule has 2 aromatic rings. The first kappa shape index (κ1) is 14.4. The first-order valence-corrected chi connectivity index (χ1v) is 6.18. The Hall–Kier alpha value is -2.02. The summed E-state index contributed by atoms with van der Waals surface area (Å²) in [5.74, 6) is -3.62. The van der Waals surface area contributed by atoms with Gasteiger partial charge in [0.25, 0.3) is 5.91 Å². The number of halogens is 4. The van der Waals surface area contributed by atoms with Crippen molar-refractivity contribution >= 4 is 33.2 Å². The van der Waals surface area contributed by atoms with E-state index in [0.29, 0.717) is 4.47 Å². The second kappa shape index (κ2) is 5.54. The van der Waals surface area contributed by atoms with Crippen molar-refractivity contribution in [3.05, 3.63) is 57.8 Å². The smallest absolute Gasteiger partial charge is 0.255 e. The van der Waals surface area contributed by atoms with Gasteiger partial charge in [0.1, 0.15) is 23.1 Å². The first-order chi connectivity index (χ1) is 9.38. The van der Waals surface area contributed by atoms with Crippen molar-refractivity contribution in [1.82, 2.24) is 0 Å². The molecular formula is C13H8BrF3N2O. The van der Waals surface area contributed by atoms with Crippen LogP contribution in [0.5, 0.6) is 0 Å². The van der Waals surface area contributed by atoms with Gasteiger partial charge in [-0.3, -0.25) is 4.79 Å². The molecule has 0 aromatic heterocycles. The molecule has 0 spiro atoms. The fourth-order valence-electron chi connectivity index (χ4n) is 1.50. The summed E-state index contributed by atoms with van der Waals surface area (Å²) in [7, 11) is 0. The number of carbonyl (C=O) groups is 1. The third kappa shape index (κ3) is 2.93. The lowest BCUT2D eigenvalue weighted by atomic mass is 10.1. The Morgan fingerprint density at radius 3 is 2.20 bits per heavy atom. The monoisotopic (exact) mass is 344 g/mol. The normalized spacial score (nSPS) is 10.4. The molecule has 2 aromatic carbocycles. The van der Waals surface area contributed by atoms with Crippen LogP contribution in [0.3, 0.4) is 0 Å². The van der Waals surface area contributed by atoms with Crippen molar-refractivity contribution in [2.45, 2.75) is 0 Å². The van der Waals surface area contributed by atoms with E-state index in [-0.39, 0.29) is 11.3 Å². The quantitative estimate of drug-likeness (QED) is 0.816. The molecule has 0 unspecified atom stereocenters. The molecule has 0 fully saturated rings. The van der Waals surface area contributed by atoms with Gasteiger partial charge < -0.3 is 11.1 Å². The summed E-state index contributed by atoms with van der Waals surface area (Å²) in [6, 6.07) is 5.55. The number of nitrogen functional groups attached to an aromatic ring is 1. The number of hydrogen-bond acceptors (Lipinski definition) is 2. The summed E-state index contributed by atoms with van der Waals surface area (Å²) in [6.07, 6.45) is 0. The minimum absolute atomic E-state index is 0.101. The van der Waals surface area contributed by atoms with Crippen molar-refractivity contribution in [2.24, 2.45) is 0 Å². The van der Waals surface area contributed by atoms with Crippen LogP contribution in [0.15, 0.2) is 34.8 Å². The average Bonchev–Trinajstić information content (AvgIpc) is 2.38. The van der Waals surface area contributed by atoms with E-state index < -0.39 is 29.0 Å². The molecule has 0 atom stereocenters. The molecule has 0 aliphatic rings. The third-order valence-corrected chi connectivity index (χ3v) is 3.01. The first-order valence-electron chi connectivity index (χ1n) is 5.39. The average molecular weight is 345 g/mol. The topological polar surface area (TPSA) is 55.1 Å². The maximum Gasteiger partial charge on any atom is 0.255 e. The van der Waals surface area contributed by atoms with Crippen LogP contribution >= 0.6 is 15.9 Å². The van der Waals surface area contributed by atoms with Gasteiger partial charge in [-0.05, 0) is 30.3 Å². The molecule has 0 aliphatic heterocycles. The number of amides is 1. The Kier molecular flexibility index (Phi) is 3.99. The molecule has 0 radical (unpaired) electrons. The number of nitrogens with two attached hydrogens (primary N) is 1. The molecule has 104 valence electrons. The lowest BCUT2D eigenvalue weighted by Gasteiger charge is -2.08. The van der Waals surface area contributed by atoms with Crippen LogP contribution in [-0.2, 0) is 0 Å². The van der Waals surface area contributed by atoms with Gasteiger partial charge in [-0.2, -0.15) is 0 Å². The zero-order chi connectivity index (χ0) is 14.9. The number of anilines is 2. The van der Waals surface area contributed by atoms with E-state index in [0.717, 1.165) is 18.2 Å². The third-order valence-electron chi connectivity index (χ3n) is 2.52. The molecule has 7 heteroatoms. The van der Waals surface area contributed by atoms with Gasteiger partial charge >= 0.3 is 0 Å². The Labute approximate surface area is 120 Å². The van der Waals surface area contributed by atoms with Gasteiger partial charge in [0.05, 0.1) is 5.69 Å². The van der Waals surface area contributed by atoms with Crippen molar-refractivity contribution in [1.29, 1.82) is 0 Å². The number of nitrogens with one attached hydrogen (secondary N) is 1. The van der Waals surface area contributed by atoms with E-state index in [1.54, 1.807) is 0 Å². The molecule has 1 amide bonds. The molecule has 2 rings (SSSR count). The van der Waals surface area contributed by atoms with Crippen LogP contribution in [0.25, 0.3) is 0 Å². The summed E-state index contributed by atoms with van der Waals surface area (Å²) in [5, 5.41) is 2.22. The Morgan fingerprint density at radius 2 is 1.65 bits per heavy atom. The van der Waals surface area contributed by atoms with Gasteiger partial charge in [-0.1, -0.05) is 15.9 Å². The Bertz CT molecular complexity index is 668. The minimum atomic E-state index is -1.05. The van der Waals surface area contributed by atoms with Gasteiger partial charge in [-0.15, -0.1) is 0 Å². The van der Waals surface area contributed by atoms with E-state index in [2.05, 4.69) is 21.2 Å². The lowest BCUT2D eigenvalue weighted by molar-refractivity contribution is 0.102. The summed E-state index contributed by atoms with van der Waals surface area (Å²) >= 11 is 3.07. The zero-order valence-corrected chi connectivity index (χ0v) is 11.5. The summed E-state index contributed by atoms with van der Waals surface area (Å²) in [6.45, 7) is 0. The number of hydrogen-bond donors (Lipinski definition) is 2. The molecule has 0 saturated heterocycles. The van der Waals surface area contributed by atoms with Crippen LogP contribution in [0.2, 0.25) is 0 Å². The van der Waals surface area contributed by atoms with E-state index >= 15 is 0 Å². The van der Waals surface area contributed by atoms with Crippen LogP contribution in [0, 0.1) is 17.5 Å². The summed E-state index contributed by atoms with van der Waals surface area (Å²) < 4.78 is 40.5. The number of benzene rings is 2. The second-order valence-electron chi connectivity index (χ2n) is 3.93. The van der Waals surface area contributed by atoms with E-state index in [1.165, 1.54) is 12.1 Å². The lowest BCUT2D eigenvalue weighted by Crippen LogP contribution is -2.14. The molecule has 3 N–H and O–H groups in total. The minimum Gasteiger partial charge on any atom is -0.394 e. The van der Waals surface area contributed by atoms with Crippen LogP contribution in [0.4, 0.5) is 24.5 Å².